The fraction of sp³-hybridized carbons (Fsp3) is 0.417. The second kappa shape index (κ2) is 5.59. The number of aromatic nitrogens is 3. The van der Waals surface area contributed by atoms with E-state index in [0.29, 0.717) is 12.3 Å². The Bertz CT molecular complexity index is 594. The summed E-state index contributed by atoms with van der Waals surface area (Å²) in [6, 6.07) is 3.27. The van der Waals surface area contributed by atoms with E-state index in [0.717, 1.165) is 24.2 Å². The number of methoxy groups -OCH3 is 1. The van der Waals surface area contributed by atoms with E-state index >= 15 is 0 Å². The molecule has 0 radical (unpaired) electrons. The van der Waals surface area contributed by atoms with Crippen LogP contribution in [0.5, 0.6) is 0 Å². The van der Waals surface area contributed by atoms with Crippen molar-refractivity contribution in [2.24, 2.45) is 7.05 Å². The second-order valence-corrected chi connectivity index (χ2v) is 3.96. The van der Waals surface area contributed by atoms with Gasteiger partial charge in [0.05, 0.1) is 5.39 Å². The van der Waals surface area contributed by atoms with Crippen molar-refractivity contribution in [3.05, 3.63) is 28.8 Å². The number of fused-ring (bicyclic) bond motifs is 1. The van der Waals surface area contributed by atoms with Crippen molar-refractivity contribution in [2.75, 3.05) is 25.6 Å². The van der Waals surface area contributed by atoms with E-state index in [1.807, 2.05) is 0 Å². The first-order valence-corrected chi connectivity index (χ1v) is 5.77. The number of hydrogen-bond acceptors (Lipinski definition) is 5. The van der Waals surface area contributed by atoms with Gasteiger partial charge in [-0.2, -0.15) is 0 Å². The minimum Gasteiger partial charge on any atom is -0.385 e. The smallest absolute Gasteiger partial charge is 0.251 e. The Balaban J connectivity index is 2.29. The van der Waals surface area contributed by atoms with Crippen LogP contribution in [0.15, 0.2) is 23.3 Å². The third-order valence-corrected chi connectivity index (χ3v) is 2.72. The Morgan fingerprint density at radius 2 is 2.22 bits per heavy atom. The average Bonchev–Trinajstić information content (AvgIpc) is 2.39. The third-order valence-electron chi connectivity index (χ3n) is 2.72. The zero-order valence-corrected chi connectivity index (χ0v) is 10.5. The number of ether oxygens (including phenoxy) is 1. The summed E-state index contributed by atoms with van der Waals surface area (Å²) in [6.45, 7) is 1.47. The third kappa shape index (κ3) is 2.48. The maximum atomic E-state index is 11.5. The van der Waals surface area contributed by atoms with Gasteiger partial charge in [-0.3, -0.25) is 9.36 Å². The topological polar surface area (TPSA) is 69.0 Å². The van der Waals surface area contributed by atoms with Crippen molar-refractivity contribution in [3.8, 4) is 0 Å². The lowest BCUT2D eigenvalue weighted by atomic mass is 10.3. The molecule has 0 fully saturated rings. The Morgan fingerprint density at radius 3 is 3.00 bits per heavy atom. The summed E-state index contributed by atoms with van der Waals surface area (Å²) in [5.74, 6) is 0.742. The highest BCUT2D eigenvalue weighted by Gasteiger charge is 2.06. The molecule has 6 nitrogen and oxygen atoms in total. The SMILES string of the molecule is COCCCNc1ncnc2c1ccc(=O)n2C. The molecule has 0 aliphatic rings. The number of nitrogens with zero attached hydrogens (tertiary/aromatic N) is 3. The number of nitrogens with one attached hydrogen (secondary N) is 1. The predicted molar refractivity (Wildman–Crippen MR) is 69.8 cm³/mol. The van der Waals surface area contributed by atoms with Gasteiger partial charge in [0.1, 0.15) is 17.8 Å². The monoisotopic (exact) mass is 248 g/mol. The van der Waals surface area contributed by atoms with Crippen LogP contribution < -0.4 is 10.9 Å². The molecule has 0 saturated heterocycles. The van der Waals surface area contributed by atoms with Crippen LogP contribution >= 0.6 is 0 Å². The molecule has 18 heavy (non-hydrogen) atoms. The lowest BCUT2D eigenvalue weighted by Gasteiger charge is -2.09. The maximum absolute atomic E-state index is 11.5. The van der Waals surface area contributed by atoms with Crippen LogP contribution in [0.25, 0.3) is 11.0 Å². The summed E-state index contributed by atoms with van der Waals surface area (Å²) in [4.78, 5) is 19.8. The van der Waals surface area contributed by atoms with E-state index < -0.39 is 0 Å². The van der Waals surface area contributed by atoms with E-state index in [2.05, 4.69) is 15.3 Å². The molecular weight excluding hydrogens is 232 g/mol. The molecule has 0 atom stereocenters. The highest BCUT2D eigenvalue weighted by atomic mass is 16.5. The average molecular weight is 248 g/mol. The van der Waals surface area contributed by atoms with E-state index in [4.69, 9.17) is 4.74 Å². The molecule has 2 aromatic heterocycles. The van der Waals surface area contributed by atoms with Gasteiger partial charge >= 0.3 is 0 Å². The van der Waals surface area contributed by atoms with E-state index in [1.165, 1.54) is 17.0 Å². The molecule has 2 rings (SSSR count). The van der Waals surface area contributed by atoms with Crippen LogP contribution in [0.3, 0.4) is 0 Å². The number of hydrogen-bond donors (Lipinski definition) is 1. The van der Waals surface area contributed by atoms with E-state index in [1.54, 1.807) is 20.2 Å². The standard InChI is InChI=1S/C12H16N4O2/c1-16-10(17)5-4-9-11(13-6-3-7-18-2)14-8-15-12(9)16/h4-5,8H,3,6-7H2,1-2H3,(H,13,14,15). The lowest BCUT2D eigenvalue weighted by molar-refractivity contribution is 0.198. The van der Waals surface area contributed by atoms with Gasteiger partial charge in [-0.1, -0.05) is 0 Å². The Morgan fingerprint density at radius 1 is 1.39 bits per heavy atom. The summed E-state index contributed by atoms with van der Waals surface area (Å²) in [5, 5.41) is 4.07. The zero-order chi connectivity index (χ0) is 13.0. The van der Waals surface area contributed by atoms with Crippen LogP contribution in [0.1, 0.15) is 6.42 Å². The minimum absolute atomic E-state index is 0.0773. The Labute approximate surface area is 105 Å². The molecule has 0 aliphatic heterocycles. The lowest BCUT2D eigenvalue weighted by Crippen LogP contribution is -2.17. The first kappa shape index (κ1) is 12.5. The first-order chi connectivity index (χ1) is 8.74. The van der Waals surface area contributed by atoms with Crippen LogP contribution in [0, 0.1) is 0 Å². The largest absolute Gasteiger partial charge is 0.385 e. The molecule has 2 heterocycles. The highest BCUT2D eigenvalue weighted by molar-refractivity contribution is 5.86. The Kier molecular flexibility index (Phi) is 3.88. The summed E-state index contributed by atoms with van der Waals surface area (Å²) in [6.07, 6.45) is 2.36. The van der Waals surface area contributed by atoms with Crippen molar-refractivity contribution < 1.29 is 4.74 Å². The van der Waals surface area contributed by atoms with Gasteiger partial charge in [0.15, 0.2) is 0 Å². The highest BCUT2D eigenvalue weighted by Crippen LogP contribution is 2.16. The van der Waals surface area contributed by atoms with Crippen LogP contribution in [-0.4, -0.2) is 34.8 Å². The Hall–Kier alpha value is -1.95. The maximum Gasteiger partial charge on any atom is 0.251 e. The molecule has 1 N–H and O–H groups in total. The number of rotatable bonds is 5. The van der Waals surface area contributed by atoms with Gasteiger partial charge in [0.25, 0.3) is 5.56 Å². The molecule has 0 unspecified atom stereocenters. The molecule has 0 spiro atoms. The minimum atomic E-state index is -0.0773. The van der Waals surface area contributed by atoms with Crippen molar-refractivity contribution in [2.45, 2.75) is 6.42 Å². The first-order valence-electron chi connectivity index (χ1n) is 5.77. The fourth-order valence-electron chi connectivity index (χ4n) is 1.74. The van der Waals surface area contributed by atoms with Crippen molar-refractivity contribution in [1.29, 1.82) is 0 Å². The molecule has 0 amide bonds. The molecule has 6 heteroatoms. The molecule has 0 saturated carbocycles. The molecule has 2 aromatic rings. The van der Waals surface area contributed by atoms with Gasteiger partial charge in [0.2, 0.25) is 0 Å². The normalized spacial score (nSPS) is 10.8. The fourth-order valence-corrected chi connectivity index (χ4v) is 1.74. The molecule has 0 bridgehead atoms. The number of aryl methyl sites for hydroxylation is 1. The van der Waals surface area contributed by atoms with Crippen molar-refractivity contribution in [1.82, 2.24) is 14.5 Å². The summed E-state index contributed by atoms with van der Waals surface area (Å²) < 4.78 is 6.50. The van der Waals surface area contributed by atoms with Crippen molar-refractivity contribution in [3.63, 3.8) is 0 Å². The van der Waals surface area contributed by atoms with Gasteiger partial charge < -0.3 is 10.1 Å². The van der Waals surface area contributed by atoms with E-state index in [-0.39, 0.29) is 5.56 Å². The van der Waals surface area contributed by atoms with Gasteiger partial charge in [-0.15, -0.1) is 0 Å². The van der Waals surface area contributed by atoms with Gasteiger partial charge in [-0.05, 0) is 12.5 Å². The zero-order valence-electron chi connectivity index (χ0n) is 10.5. The van der Waals surface area contributed by atoms with Crippen molar-refractivity contribution >= 4 is 16.9 Å². The van der Waals surface area contributed by atoms with Crippen LogP contribution in [0.4, 0.5) is 5.82 Å². The summed E-state index contributed by atoms with van der Waals surface area (Å²) in [7, 11) is 3.38. The quantitative estimate of drug-likeness (QED) is 0.792. The van der Waals surface area contributed by atoms with E-state index in [9.17, 15) is 4.79 Å². The molecule has 0 aliphatic carbocycles. The van der Waals surface area contributed by atoms with Crippen LogP contribution in [-0.2, 0) is 11.8 Å². The molecule has 0 aromatic carbocycles. The molecule has 96 valence electrons. The summed E-state index contributed by atoms with van der Waals surface area (Å²) in [5.41, 5.74) is 0.554. The van der Waals surface area contributed by atoms with Crippen LogP contribution in [0.2, 0.25) is 0 Å². The summed E-state index contributed by atoms with van der Waals surface area (Å²) >= 11 is 0. The molecular formula is C12H16N4O2. The predicted octanol–water partition coefficient (Wildman–Crippen LogP) is 0.777. The number of anilines is 1. The second-order valence-electron chi connectivity index (χ2n) is 3.96. The van der Waals surface area contributed by atoms with Gasteiger partial charge in [0, 0.05) is 33.4 Å². The van der Waals surface area contributed by atoms with Gasteiger partial charge in [-0.25, -0.2) is 9.97 Å². The number of pyridine rings is 1.